The molecule has 0 spiro atoms. The molecule has 0 aliphatic carbocycles. The van der Waals surface area contributed by atoms with Crippen molar-refractivity contribution < 1.29 is 9.84 Å². The van der Waals surface area contributed by atoms with Crippen molar-refractivity contribution in [1.29, 1.82) is 0 Å². The van der Waals surface area contributed by atoms with Gasteiger partial charge in [0.25, 0.3) is 0 Å². The summed E-state index contributed by atoms with van der Waals surface area (Å²) in [5.74, 6) is 0.511. The molecule has 0 heterocycles. The molecule has 0 fully saturated rings. The van der Waals surface area contributed by atoms with E-state index >= 15 is 0 Å². The monoisotopic (exact) mass is 353 g/mol. The van der Waals surface area contributed by atoms with Crippen molar-refractivity contribution in [1.82, 2.24) is 5.32 Å². The Morgan fingerprint density at radius 3 is 2.26 bits per heavy atom. The molecule has 0 bridgehead atoms. The molecule has 0 aliphatic heterocycles. The van der Waals surface area contributed by atoms with E-state index in [4.69, 9.17) is 27.9 Å². The van der Waals surface area contributed by atoms with Gasteiger partial charge in [-0.15, -0.1) is 0 Å². The van der Waals surface area contributed by atoms with Gasteiger partial charge in [0.1, 0.15) is 0 Å². The molecule has 23 heavy (non-hydrogen) atoms. The molecule has 124 valence electrons. The van der Waals surface area contributed by atoms with Crippen molar-refractivity contribution in [2.24, 2.45) is 0 Å². The molecule has 0 amide bonds. The van der Waals surface area contributed by atoms with E-state index in [9.17, 15) is 5.11 Å². The molecule has 0 aliphatic rings. The van der Waals surface area contributed by atoms with Gasteiger partial charge >= 0.3 is 0 Å². The lowest BCUT2D eigenvalue weighted by atomic mass is 10.1. The summed E-state index contributed by atoms with van der Waals surface area (Å²) in [4.78, 5) is 0. The zero-order chi connectivity index (χ0) is 16.8. The van der Waals surface area contributed by atoms with Crippen LogP contribution in [0, 0.1) is 0 Å². The standard InChI is InChI=1S/C18H21Cl2NO2/c1-12(2)23-18-15(19)8-13(9-16(18)20)10-21-11-17(22)14-6-4-3-5-7-14/h3-9,12,17,21-22H,10-11H2,1-2H3. The highest BCUT2D eigenvalue weighted by Gasteiger charge is 2.12. The minimum atomic E-state index is -0.550. The van der Waals surface area contributed by atoms with Crippen molar-refractivity contribution in [2.75, 3.05) is 6.54 Å². The number of hydrogen-bond donors (Lipinski definition) is 2. The Bertz CT molecular complexity index is 609. The third kappa shape index (κ3) is 5.40. The van der Waals surface area contributed by atoms with Gasteiger partial charge in [-0.05, 0) is 37.1 Å². The highest BCUT2D eigenvalue weighted by Crippen LogP contribution is 2.34. The molecule has 0 saturated heterocycles. The molecule has 2 aromatic rings. The summed E-state index contributed by atoms with van der Waals surface area (Å²) in [5.41, 5.74) is 1.83. The summed E-state index contributed by atoms with van der Waals surface area (Å²) in [6, 6.07) is 13.2. The highest BCUT2D eigenvalue weighted by molar-refractivity contribution is 6.37. The number of halogens is 2. The lowest BCUT2D eigenvalue weighted by molar-refractivity contribution is 0.174. The van der Waals surface area contributed by atoms with Crippen LogP contribution in [0.3, 0.4) is 0 Å². The molecule has 3 nitrogen and oxygen atoms in total. The van der Waals surface area contributed by atoms with E-state index in [0.29, 0.717) is 28.9 Å². The predicted octanol–water partition coefficient (Wildman–Crippen LogP) is 4.60. The molecule has 1 unspecified atom stereocenters. The maximum atomic E-state index is 10.1. The van der Waals surface area contributed by atoms with Crippen LogP contribution in [0.15, 0.2) is 42.5 Å². The fraction of sp³-hybridized carbons (Fsp3) is 0.333. The van der Waals surface area contributed by atoms with Gasteiger partial charge in [-0.2, -0.15) is 0 Å². The lowest BCUT2D eigenvalue weighted by Crippen LogP contribution is -2.21. The minimum Gasteiger partial charge on any atom is -0.488 e. The Hall–Kier alpha value is -1.26. The fourth-order valence-electron chi connectivity index (χ4n) is 2.21. The number of ether oxygens (including phenoxy) is 1. The predicted molar refractivity (Wildman–Crippen MR) is 95.3 cm³/mol. The number of rotatable bonds is 7. The van der Waals surface area contributed by atoms with Crippen LogP contribution in [-0.4, -0.2) is 17.8 Å². The smallest absolute Gasteiger partial charge is 0.156 e. The molecule has 2 aromatic carbocycles. The van der Waals surface area contributed by atoms with Crippen molar-refractivity contribution in [3.63, 3.8) is 0 Å². The first-order valence-electron chi connectivity index (χ1n) is 7.55. The molecule has 5 heteroatoms. The largest absolute Gasteiger partial charge is 0.488 e. The zero-order valence-corrected chi connectivity index (χ0v) is 14.7. The Morgan fingerprint density at radius 1 is 1.09 bits per heavy atom. The van der Waals surface area contributed by atoms with Crippen LogP contribution in [0.2, 0.25) is 10.0 Å². The summed E-state index contributed by atoms with van der Waals surface area (Å²) >= 11 is 12.5. The number of hydrogen-bond acceptors (Lipinski definition) is 3. The van der Waals surface area contributed by atoms with Crippen LogP contribution < -0.4 is 10.1 Å². The fourth-order valence-corrected chi connectivity index (χ4v) is 2.83. The normalized spacial score (nSPS) is 12.4. The third-order valence-electron chi connectivity index (χ3n) is 3.26. The molecule has 2 rings (SSSR count). The van der Waals surface area contributed by atoms with Crippen molar-refractivity contribution >= 4 is 23.2 Å². The molecular formula is C18H21Cl2NO2. The average molecular weight is 354 g/mol. The Kier molecular flexibility index (Phi) is 6.72. The number of aliphatic hydroxyl groups is 1. The second-order valence-corrected chi connectivity index (χ2v) is 6.43. The van der Waals surface area contributed by atoms with Gasteiger partial charge in [-0.25, -0.2) is 0 Å². The average Bonchev–Trinajstić information content (AvgIpc) is 2.51. The lowest BCUT2D eigenvalue weighted by Gasteiger charge is -2.15. The number of benzene rings is 2. The van der Waals surface area contributed by atoms with Crippen molar-refractivity contribution in [2.45, 2.75) is 32.6 Å². The third-order valence-corrected chi connectivity index (χ3v) is 3.82. The number of nitrogens with one attached hydrogen (secondary N) is 1. The summed E-state index contributed by atoms with van der Waals surface area (Å²) in [7, 11) is 0. The molecule has 0 saturated carbocycles. The second kappa shape index (κ2) is 8.55. The summed E-state index contributed by atoms with van der Waals surface area (Å²) in [5, 5.41) is 14.3. The topological polar surface area (TPSA) is 41.5 Å². The van der Waals surface area contributed by atoms with E-state index in [1.807, 2.05) is 56.3 Å². The maximum absolute atomic E-state index is 10.1. The van der Waals surface area contributed by atoms with E-state index in [0.717, 1.165) is 11.1 Å². The SMILES string of the molecule is CC(C)Oc1c(Cl)cc(CNCC(O)c2ccccc2)cc1Cl. The van der Waals surface area contributed by atoms with E-state index in [-0.39, 0.29) is 6.10 Å². The van der Waals surface area contributed by atoms with Gasteiger partial charge in [0.2, 0.25) is 0 Å². The zero-order valence-electron chi connectivity index (χ0n) is 13.2. The molecule has 0 radical (unpaired) electrons. The molecule has 0 aromatic heterocycles. The first-order valence-corrected chi connectivity index (χ1v) is 8.31. The Morgan fingerprint density at radius 2 is 1.70 bits per heavy atom. The van der Waals surface area contributed by atoms with E-state index in [1.165, 1.54) is 0 Å². The molecule has 2 N–H and O–H groups in total. The van der Waals surface area contributed by atoms with Gasteiger partial charge in [-0.1, -0.05) is 53.5 Å². The van der Waals surface area contributed by atoms with Gasteiger partial charge in [-0.3, -0.25) is 0 Å². The quantitative estimate of drug-likeness (QED) is 0.763. The first-order chi connectivity index (χ1) is 11.0. The van der Waals surface area contributed by atoms with Gasteiger partial charge in [0, 0.05) is 13.1 Å². The van der Waals surface area contributed by atoms with Crippen LogP contribution in [-0.2, 0) is 6.54 Å². The van der Waals surface area contributed by atoms with Crippen molar-refractivity contribution in [3.8, 4) is 5.75 Å². The van der Waals surface area contributed by atoms with Crippen molar-refractivity contribution in [3.05, 3.63) is 63.6 Å². The van der Waals surface area contributed by atoms with Crippen LogP contribution in [0.5, 0.6) is 5.75 Å². The molecular weight excluding hydrogens is 333 g/mol. The van der Waals surface area contributed by atoms with E-state index in [1.54, 1.807) is 0 Å². The van der Waals surface area contributed by atoms with E-state index < -0.39 is 6.10 Å². The maximum Gasteiger partial charge on any atom is 0.156 e. The summed E-state index contributed by atoms with van der Waals surface area (Å²) in [6.07, 6.45) is -0.541. The minimum absolute atomic E-state index is 0.00925. The van der Waals surface area contributed by atoms with Crippen LogP contribution in [0.4, 0.5) is 0 Å². The summed E-state index contributed by atoms with van der Waals surface area (Å²) < 4.78 is 5.61. The van der Waals surface area contributed by atoms with Crippen LogP contribution >= 0.6 is 23.2 Å². The Balaban J connectivity index is 1.93. The second-order valence-electron chi connectivity index (χ2n) is 5.61. The van der Waals surface area contributed by atoms with Gasteiger partial charge in [0.15, 0.2) is 5.75 Å². The van der Waals surface area contributed by atoms with E-state index in [2.05, 4.69) is 5.32 Å². The van der Waals surface area contributed by atoms with Crippen LogP contribution in [0.1, 0.15) is 31.1 Å². The number of aliphatic hydroxyl groups excluding tert-OH is 1. The van der Waals surface area contributed by atoms with Gasteiger partial charge in [0.05, 0.1) is 22.3 Å². The summed E-state index contributed by atoms with van der Waals surface area (Å²) in [6.45, 7) is 4.86. The van der Waals surface area contributed by atoms with Crippen LogP contribution in [0.25, 0.3) is 0 Å². The van der Waals surface area contributed by atoms with Gasteiger partial charge < -0.3 is 15.2 Å². The Labute approximate surface area is 147 Å². The molecule has 1 atom stereocenters. The first kappa shape index (κ1) is 18.1. The highest BCUT2D eigenvalue weighted by atomic mass is 35.5.